The molecule has 0 unspecified atom stereocenters. The molecule has 2 atom stereocenters. The molecule has 2 amide bonds. The molecule has 0 bridgehead atoms. The van der Waals surface area contributed by atoms with Crippen molar-refractivity contribution in [2.24, 2.45) is 5.92 Å². The minimum absolute atomic E-state index is 0.0450. The number of aromatic nitrogens is 1. The van der Waals surface area contributed by atoms with E-state index < -0.39 is 0 Å². The molecule has 2 aromatic rings. The van der Waals surface area contributed by atoms with Crippen LogP contribution < -0.4 is 10.6 Å². The number of nitrogens with one attached hydrogen (secondary N) is 2. The molecule has 2 N–H and O–H groups in total. The van der Waals surface area contributed by atoms with Gasteiger partial charge in [-0.2, -0.15) is 0 Å². The monoisotopic (exact) mass is 352 g/mol. The van der Waals surface area contributed by atoms with Gasteiger partial charge in [-0.1, -0.05) is 17.7 Å². The Morgan fingerprint density at radius 3 is 2.46 bits per heavy atom. The van der Waals surface area contributed by atoms with E-state index in [1.807, 2.05) is 43.3 Å². The van der Waals surface area contributed by atoms with Gasteiger partial charge in [-0.05, 0) is 36.8 Å². The van der Waals surface area contributed by atoms with Crippen LogP contribution in [0.2, 0.25) is 0 Å². The van der Waals surface area contributed by atoms with Crippen LogP contribution in [0.4, 0.5) is 0 Å². The number of pyridine rings is 1. The van der Waals surface area contributed by atoms with Crippen LogP contribution in [0.5, 0.6) is 0 Å². The van der Waals surface area contributed by atoms with Gasteiger partial charge in [0.25, 0.3) is 5.91 Å². The fraction of sp³-hybridized carbons (Fsp3) is 0.350. The standard InChI is InChI=1S/C20H24N4O2/c1-14-3-5-16(6-4-14)19(25)23-18-13-24(12-17(18)20(26)21-2)11-15-7-9-22-10-8-15/h3-10,17-18H,11-13H2,1-2H3,(H,21,26)(H,23,25)/t17-,18-/m0/s1. The Hall–Kier alpha value is -2.73. The van der Waals surface area contributed by atoms with Gasteiger partial charge >= 0.3 is 0 Å². The zero-order valence-corrected chi connectivity index (χ0v) is 15.1. The number of nitrogens with zero attached hydrogens (tertiary/aromatic N) is 2. The van der Waals surface area contributed by atoms with E-state index in [1.54, 1.807) is 19.4 Å². The van der Waals surface area contributed by atoms with Crippen molar-refractivity contribution in [3.63, 3.8) is 0 Å². The van der Waals surface area contributed by atoms with Crippen LogP contribution in [0.15, 0.2) is 48.8 Å². The van der Waals surface area contributed by atoms with E-state index in [2.05, 4.69) is 20.5 Å². The predicted molar refractivity (Wildman–Crippen MR) is 99.5 cm³/mol. The van der Waals surface area contributed by atoms with Crippen LogP contribution in [-0.4, -0.2) is 47.9 Å². The van der Waals surface area contributed by atoms with Crippen molar-refractivity contribution in [3.05, 3.63) is 65.5 Å². The minimum Gasteiger partial charge on any atom is -0.359 e. The van der Waals surface area contributed by atoms with Gasteiger partial charge < -0.3 is 10.6 Å². The number of carbonyl (C=O) groups is 2. The molecule has 1 aromatic carbocycles. The normalized spacial score (nSPS) is 19.9. The summed E-state index contributed by atoms with van der Waals surface area (Å²) in [5.41, 5.74) is 2.86. The lowest BCUT2D eigenvalue weighted by atomic mass is 10.0. The third-order valence-electron chi connectivity index (χ3n) is 4.76. The zero-order chi connectivity index (χ0) is 18.5. The first kappa shape index (κ1) is 18.1. The molecule has 1 aliphatic heterocycles. The summed E-state index contributed by atoms with van der Waals surface area (Å²) >= 11 is 0. The molecule has 0 aliphatic carbocycles. The number of carbonyl (C=O) groups excluding carboxylic acids is 2. The fourth-order valence-electron chi connectivity index (χ4n) is 3.31. The Bertz CT molecular complexity index is 761. The van der Waals surface area contributed by atoms with Crippen LogP contribution >= 0.6 is 0 Å². The highest BCUT2D eigenvalue weighted by atomic mass is 16.2. The first-order valence-electron chi connectivity index (χ1n) is 8.77. The van der Waals surface area contributed by atoms with E-state index in [-0.39, 0.29) is 23.8 Å². The van der Waals surface area contributed by atoms with E-state index in [0.717, 1.165) is 17.7 Å². The topological polar surface area (TPSA) is 74.3 Å². The number of likely N-dealkylation sites (tertiary alicyclic amines) is 1. The summed E-state index contributed by atoms with van der Waals surface area (Å²) in [6, 6.07) is 11.2. The summed E-state index contributed by atoms with van der Waals surface area (Å²) in [5, 5.41) is 5.76. The molecule has 1 saturated heterocycles. The molecule has 6 nitrogen and oxygen atoms in total. The molecule has 26 heavy (non-hydrogen) atoms. The average Bonchev–Trinajstić information content (AvgIpc) is 3.04. The van der Waals surface area contributed by atoms with Crippen molar-refractivity contribution >= 4 is 11.8 Å². The summed E-state index contributed by atoms with van der Waals surface area (Å²) in [6.07, 6.45) is 3.52. The maximum Gasteiger partial charge on any atom is 0.251 e. The molecule has 1 aromatic heterocycles. The van der Waals surface area contributed by atoms with Crippen LogP contribution in [0.1, 0.15) is 21.5 Å². The first-order valence-corrected chi connectivity index (χ1v) is 8.77. The molecule has 2 heterocycles. The molecular weight excluding hydrogens is 328 g/mol. The van der Waals surface area contributed by atoms with Crippen molar-refractivity contribution in [2.45, 2.75) is 19.5 Å². The van der Waals surface area contributed by atoms with Gasteiger partial charge in [-0.15, -0.1) is 0 Å². The molecule has 0 spiro atoms. The van der Waals surface area contributed by atoms with Gasteiger partial charge in [0, 0.05) is 44.6 Å². The second kappa shape index (κ2) is 8.10. The van der Waals surface area contributed by atoms with Crippen molar-refractivity contribution < 1.29 is 9.59 Å². The van der Waals surface area contributed by atoms with Crippen LogP contribution in [0.3, 0.4) is 0 Å². The largest absolute Gasteiger partial charge is 0.359 e. The highest BCUT2D eigenvalue weighted by molar-refractivity contribution is 5.95. The Labute approximate surface area is 153 Å². The summed E-state index contributed by atoms with van der Waals surface area (Å²) < 4.78 is 0. The number of amides is 2. The van der Waals surface area contributed by atoms with Gasteiger partial charge in [-0.3, -0.25) is 19.5 Å². The van der Waals surface area contributed by atoms with Gasteiger partial charge in [0.15, 0.2) is 0 Å². The van der Waals surface area contributed by atoms with Gasteiger partial charge in [0.1, 0.15) is 0 Å². The van der Waals surface area contributed by atoms with Crippen LogP contribution in [0.25, 0.3) is 0 Å². The third kappa shape index (κ3) is 4.26. The molecule has 0 radical (unpaired) electrons. The lowest BCUT2D eigenvalue weighted by Gasteiger charge is -2.18. The fourth-order valence-corrected chi connectivity index (χ4v) is 3.31. The minimum atomic E-state index is -0.267. The maximum absolute atomic E-state index is 12.6. The Balaban J connectivity index is 1.69. The van der Waals surface area contributed by atoms with E-state index in [9.17, 15) is 9.59 Å². The van der Waals surface area contributed by atoms with Crippen LogP contribution in [0, 0.1) is 12.8 Å². The van der Waals surface area contributed by atoms with Gasteiger partial charge in [0.2, 0.25) is 5.91 Å². The Morgan fingerprint density at radius 1 is 1.12 bits per heavy atom. The van der Waals surface area contributed by atoms with Gasteiger partial charge in [-0.25, -0.2) is 0 Å². The van der Waals surface area contributed by atoms with Crippen molar-refractivity contribution in [3.8, 4) is 0 Å². The number of hydrogen-bond acceptors (Lipinski definition) is 4. The molecule has 0 saturated carbocycles. The second-order valence-corrected chi connectivity index (χ2v) is 6.72. The number of aryl methyl sites for hydroxylation is 1. The Kier molecular flexibility index (Phi) is 5.63. The molecule has 136 valence electrons. The lowest BCUT2D eigenvalue weighted by Crippen LogP contribution is -2.45. The van der Waals surface area contributed by atoms with Gasteiger partial charge in [0.05, 0.1) is 12.0 Å². The second-order valence-electron chi connectivity index (χ2n) is 6.72. The van der Waals surface area contributed by atoms with Crippen molar-refractivity contribution in [1.29, 1.82) is 0 Å². The van der Waals surface area contributed by atoms with E-state index in [0.29, 0.717) is 18.7 Å². The zero-order valence-electron chi connectivity index (χ0n) is 15.1. The molecule has 1 aliphatic rings. The molecule has 3 rings (SSSR count). The molecular formula is C20H24N4O2. The maximum atomic E-state index is 12.6. The smallest absolute Gasteiger partial charge is 0.251 e. The third-order valence-corrected chi connectivity index (χ3v) is 4.76. The number of rotatable bonds is 5. The molecule has 6 heteroatoms. The highest BCUT2D eigenvalue weighted by Gasteiger charge is 2.38. The average molecular weight is 352 g/mol. The van der Waals surface area contributed by atoms with E-state index in [1.165, 1.54) is 0 Å². The number of benzene rings is 1. The van der Waals surface area contributed by atoms with E-state index in [4.69, 9.17) is 0 Å². The SMILES string of the molecule is CNC(=O)[C@H]1CN(Cc2ccncc2)C[C@@H]1NC(=O)c1ccc(C)cc1. The lowest BCUT2D eigenvalue weighted by molar-refractivity contribution is -0.124. The summed E-state index contributed by atoms with van der Waals surface area (Å²) in [5.74, 6) is -0.456. The Morgan fingerprint density at radius 2 is 1.81 bits per heavy atom. The van der Waals surface area contributed by atoms with Crippen LogP contribution in [-0.2, 0) is 11.3 Å². The summed E-state index contributed by atoms with van der Waals surface area (Å²) in [6.45, 7) is 3.96. The van der Waals surface area contributed by atoms with E-state index >= 15 is 0 Å². The van der Waals surface area contributed by atoms with Crippen molar-refractivity contribution in [1.82, 2.24) is 20.5 Å². The predicted octanol–water partition coefficient (Wildman–Crippen LogP) is 1.37. The highest BCUT2D eigenvalue weighted by Crippen LogP contribution is 2.20. The quantitative estimate of drug-likeness (QED) is 0.852. The summed E-state index contributed by atoms with van der Waals surface area (Å²) in [7, 11) is 1.63. The number of hydrogen-bond donors (Lipinski definition) is 2. The summed E-state index contributed by atoms with van der Waals surface area (Å²) in [4.78, 5) is 31.1. The molecule has 1 fully saturated rings. The van der Waals surface area contributed by atoms with Crippen molar-refractivity contribution in [2.75, 3.05) is 20.1 Å². The first-order chi connectivity index (χ1) is 12.6.